The summed E-state index contributed by atoms with van der Waals surface area (Å²) in [5.41, 5.74) is 0.00576. The fourth-order valence-electron chi connectivity index (χ4n) is 3.46. The molecule has 2 aromatic rings. The van der Waals surface area contributed by atoms with Crippen molar-refractivity contribution in [2.24, 2.45) is 0 Å². The number of hydrogen-bond donors (Lipinski definition) is 0. The van der Waals surface area contributed by atoms with Gasteiger partial charge in [-0.05, 0) is 18.1 Å². The van der Waals surface area contributed by atoms with Gasteiger partial charge in [0.15, 0.2) is 5.82 Å². The Morgan fingerprint density at radius 1 is 1.29 bits per heavy atom. The molecule has 1 aliphatic heterocycles. The van der Waals surface area contributed by atoms with Crippen molar-refractivity contribution >= 4 is 27.4 Å². The number of hydroxylamine groups is 2. The summed E-state index contributed by atoms with van der Waals surface area (Å²) in [4.78, 5) is 9.58. The van der Waals surface area contributed by atoms with E-state index in [4.69, 9.17) is 16.4 Å². The molecule has 12 heteroatoms. The van der Waals surface area contributed by atoms with Crippen molar-refractivity contribution in [1.29, 1.82) is 0 Å². The molecule has 1 fully saturated rings. The Labute approximate surface area is 183 Å². The van der Waals surface area contributed by atoms with Crippen molar-refractivity contribution in [1.82, 2.24) is 14.5 Å². The predicted molar refractivity (Wildman–Crippen MR) is 111 cm³/mol. The Kier molecular flexibility index (Phi) is 6.82. The number of alkyl halides is 3. The smallest absolute Gasteiger partial charge is 0.294 e. The highest BCUT2D eigenvalue weighted by Gasteiger charge is 2.37. The van der Waals surface area contributed by atoms with Crippen LogP contribution in [0, 0.1) is 0 Å². The highest BCUT2D eigenvalue weighted by Crippen LogP contribution is 2.36. The molecule has 3 rings (SSSR count). The minimum Gasteiger partial charge on any atom is -0.294 e. The number of benzene rings is 1. The third-order valence-electron chi connectivity index (χ3n) is 4.96. The lowest BCUT2D eigenvalue weighted by Crippen LogP contribution is -2.48. The zero-order valence-electron chi connectivity index (χ0n) is 17.0. The van der Waals surface area contributed by atoms with Gasteiger partial charge in [-0.1, -0.05) is 41.9 Å². The van der Waals surface area contributed by atoms with Crippen LogP contribution < -0.4 is 5.01 Å². The van der Waals surface area contributed by atoms with Gasteiger partial charge in [-0.15, -0.1) is 4.41 Å². The molecule has 1 aromatic carbocycles. The topological polar surface area (TPSA) is 66.0 Å². The van der Waals surface area contributed by atoms with Crippen LogP contribution in [0.25, 0.3) is 0 Å². The lowest BCUT2D eigenvalue weighted by atomic mass is 10.0. The van der Waals surface area contributed by atoms with Crippen molar-refractivity contribution < 1.29 is 26.4 Å². The molecule has 1 saturated heterocycles. The number of nitrogens with zero attached hydrogens (tertiary/aromatic N) is 4. The van der Waals surface area contributed by atoms with Gasteiger partial charge in [0.1, 0.15) is 0 Å². The van der Waals surface area contributed by atoms with E-state index in [-0.39, 0.29) is 23.4 Å². The van der Waals surface area contributed by atoms with Crippen LogP contribution in [0.5, 0.6) is 0 Å². The Hall–Kier alpha value is -1.92. The first kappa shape index (κ1) is 23.7. The Morgan fingerprint density at radius 2 is 1.94 bits per heavy atom. The average Bonchev–Trinajstić information content (AvgIpc) is 3.05. The maximum Gasteiger partial charge on any atom is 0.417 e. The lowest BCUT2D eigenvalue weighted by Gasteiger charge is -2.32. The molecule has 0 aliphatic carbocycles. The summed E-state index contributed by atoms with van der Waals surface area (Å²) in [5, 5.41) is 2.47. The Bertz CT molecular complexity index is 1020. The normalized spacial score (nSPS) is 20.4. The minimum absolute atomic E-state index is 0.0642. The van der Waals surface area contributed by atoms with Gasteiger partial charge in [0, 0.05) is 20.3 Å². The van der Waals surface area contributed by atoms with Gasteiger partial charge in [-0.3, -0.25) is 9.85 Å². The monoisotopic (exact) mass is 478 g/mol. The second-order valence-electron chi connectivity index (χ2n) is 7.25. The molecule has 0 spiro atoms. The van der Waals surface area contributed by atoms with E-state index < -0.39 is 27.9 Å². The molecule has 0 radical (unpaired) electrons. The van der Waals surface area contributed by atoms with Gasteiger partial charge in [0.05, 0.1) is 35.5 Å². The molecule has 7 nitrogen and oxygen atoms in total. The number of anilines is 1. The Balaban J connectivity index is 1.82. The number of pyridine rings is 1. The number of halogens is 4. The SMILES string of the molecule is CN1OC(CN(N(C)c2ncc(C(F)(F)F)cc2Cl)S(C)(=O)=O)CC1c1ccccc1. The van der Waals surface area contributed by atoms with Gasteiger partial charge in [-0.25, -0.2) is 13.4 Å². The molecule has 2 unspecified atom stereocenters. The largest absolute Gasteiger partial charge is 0.417 e. The van der Waals surface area contributed by atoms with Crippen LogP contribution >= 0.6 is 11.6 Å². The summed E-state index contributed by atoms with van der Waals surface area (Å²) in [7, 11) is -0.680. The first-order valence-corrected chi connectivity index (χ1v) is 11.5. The van der Waals surface area contributed by atoms with Crippen molar-refractivity contribution in [3.8, 4) is 0 Å². The molecular formula is C19H22ClF3N4O3S. The van der Waals surface area contributed by atoms with Gasteiger partial charge < -0.3 is 0 Å². The molecular weight excluding hydrogens is 457 g/mol. The molecule has 170 valence electrons. The van der Waals surface area contributed by atoms with Crippen LogP contribution in [0.15, 0.2) is 42.6 Å². The van der Waals surface area contributed by atoms with Gasteiger partial charge in [0.2, 0.25) is 10.0 Å². The Morgan fingerprint density at radius 3 is 2.48 bits per heavy atom. The van der Waals surface area contributed by atoms with Crippen molar-refractivity contribution in [2.45, 2.75) is 24.7 Å². The minimum atomic E-state index is -4.61. The quantitative estimate of drug-likeness (QED) is 0.589. The molecule has 0 bridgehead atoms. The number of rotatable bonds is 6. The van der Waals surface area contributed by atoms with E-state index in [9.17, 15) is 21.6 Å². The first-order valence-electron chi connectivity index (χ1n) is 9.26. The average molecular weight is 479 g/mol. The second-order valence-corrected chi connectivity index (χ2v) is 9.55. The summed E-state index contributed by atoms with van der Waals surface area (Å²) >= 11 is 6.00. The summed E-state index contributed by atoms with van der Waals surface area (Å²) in [5.74, 6) is -0.119. The number of hydrogen-bond acceptors (Lipinski definition) is 6. The van der Waals surface area contributed by atoms with Crippen LogP contribution in [0.2, 0.25) is 5.02 Å². The van der Waals surface area contributed by atoms with E-state index in [2.05, 4.69) is 4.98 Å². The van der Waals surface area contributed by atoms with Crippen molar-refractivity contribution in [3.63, 3.8) is 0 Å². The van der Waals surface area contributed by atoms with Gasteiger partial charge in [-0.2, -0.15) is 18.2 Å². The predicted octanol–water partition coefficient (Wildman–Crippen LogP) is 3.74. The van der Waals surface area contributed by atoms with E-state index in [1.54, 1.807) is 12.1 Å². The van der Waals surface area contributed by atoms with E-state index in [1.165, 1.54) is 7.05 Å². The van der Waals surface area contributed by atoms with E-state index in [0.29, 0.717) is 18.7 Å². The molecule has 0 saturated carbocycles. The highest BCUT2D eigenvalue weighted by molar-refractivity contribution is 7.88. The van der Waals surface area contributed by atoms with Crippen LogP contribution in [-0.2, 0) is 21.0 Å². The zero-order valence-corrected chi connectivity index (χ0v) is 18.6. The molecule has 1 aliphatic rings. The van der Waals surface area contributed by atoms with Crippen molar-refractivity contribution in [2.75, 3.05) is 31.9 Å². The number of aromatic nitrogens is 1. The van der Waals surface area contributed by atoms with Crippen LogP contribution in [0.4, 0.5) is 19.0 Å². The molecule has 2 heterocycles. The summed E-state index contributed by atoms with van der Waals surface area (Å²) in [6, 6.07) is 10.3. The lowest BCUT2D eigenvalue weighted by molar-refractivity contribution is -0.146. The van der Waals surface area contributed by atoms with Gasteiger partial charge in [0.25, 0.3) is 0 Å². The van der Waals surface area contributed by atoms with Crippen molar-refractivity contribution in [3.05, 3.63) is 58.7 Å². The zero-order chi connectivity index (χ0) is 23.0. The molecule has 0 amide bonds. The molecule has 1 aromatic heterocycles. The molecule has 0 N–H and O–H groups in total. The highest BCUT2D eigenvalue weighted by atomic mass is 35.5. The van der Waals surface area contributed by atoms with Crippen LogP contribution in [0.3, 0.4) is 0 Å². The maximum absolute atomic E-state index is 12.9. The van der Waals surface area contributed by atoms with Crippen LogP contribution in [0.1, 0.15) is 23.6 Å². The summed E-state index contributed by atoms with van der Waals surface area (Å²) in [6.45, 7) is -0.0674. The molecule has 31 heavy (non-hydrogen) atoms. The third kappa shape index (κ3) is 5.47. The van der Waals surface area contributed by atoms with E-state index in [1.807, 2.05) is 30.3 Å². The summed E-state index contributed by atoms with van der Waals surface area (Å²) < 4.78 is 64.6. The third-order valence-corrected chi connectivity index (χ3v) is 6.40. The first-order chi connectivity index (χ1) is 14.4. The maximum atomic E-state index is 12.9. The fourth-order valence-corrected chi connectivity index (χ4v) is 4.71. The van der Waals surface area contributed by atoms with Gasteiger partial charge >= 0.3 is 6.18 Å². The second kappa shape index (κ2) is 8.91. The number of hydrazine groups is 1. The fraction of sp³-hybridized carbons (Fsp3) is 0.421. The summed E-state index contributed by atoms with van der Waals surface area (Å²) in [6.07, 6.45) is -2.97. The van der Waals surface area contributed by atoms with Crippen LogP contribution in [-0.4, -0.2) is 55.9 Å². The number of sulfonamides is 1. The van der Waals surface area contributed by atoms with E-state index in [0.717, 1.165) is 21.2 Å². The molecule has 2 atom stereocenters. The van der Waals surface area contributed by atoms with E-state index >= 15 is 0 Å². The standard InChI is InChI=1S/C19H22ClF3N4O3S/c1-25(18-16(20)9-14(11-24-18)19(21,22)23)27(31(3,28)29)12-15-10-17(26(2)30-15)13-7-5-4-6-8-13/h4-9,11,15,17H,10,12H2,1-3H3.